The van der Waals surface area contributed by atoms with Gasteiger partial charge in [0.1, 0.15) is 16.9 Å². The smallest absolute Gasteiger partial charge is 0.407 e. The van der Waals surface area contributed by atoms with E-state index in [1.54, 1.807) is 6.20 Å². The maximum absolute atomic E-state index is 12.7. The molecule has 0 bridgehead atoms. The second-order valence-electron chi connectivity index (χ2n) is 8.21. The first-order valence-electron chi connectivity index (χ1n) is 9.43. The molecular formula is C20H28N4O3. The third-order valence-electron chi connectivity index (χ3n) is 4.67. The molecule has 0 radical (unpaired) electrons. The van der Waals surface area contributed by atoms with Crippen molar-refractivity contribution in [3.8, 4) is 0 Å². The van der Waals surface area contributed by atoms with Gasteiger partial charge in [-0.15, -0.1) is 0 Å². The van der Waals surface area contributed by atoms with E-state index in [4.69, 9.17) is 4.74 Å². The van der Waals surface area contributed by atoms with E-state index in [9.17, 15) is 9.59 Å². The average molecular weight is 372 g/mol. The number of alkyl carbamates (subject to hydrolysis) is 1. The van der Waals surface area contributed by atoms with Gasteiger partial charge in [0.15, 0.2) is 0 Å². The fourth-order valence-electron chi connectivity index (χ4n) is 3.23. The highest BCUT2D eigenvalue weighted by molar-refractivity contribution is 5.93. The van der Waals surface area contributed by atoms with E-state index in [1.165, 1.54) is 0 Å². The maximum Gasteiger partial charge on any atom is 0.407 e. The van der Waals surface area contributed by atoms with Crippen LogP contribution in [0, 0.1) is 12.8 Å². The van der Waals surface area contributed by atoms with Crippen LogP contribution in [0.3, 0.4) is 0 Å². The van der Waals surface area contributed by atoms with Crippen molar-refractivity contribution >= 4 is 17.6 Å². The lowest BCUT2D eigenvalue weighted by Crippen LogP contribution is -2.42. The molecule has 7 nitrogen and oxygen atoms in total. The SMILES string of the molecule is Cc1ccn2cc(C(=O)N3CCC(CNC(=O)OC(C)(C)C)CC3)nc2c1. The Hall–Kier alpha value is -2.57. The Balaban J connectivity index is 1.51. The van der Waals surface area contributed by atoms with Crippen LogP contribution in [0.4, 0.5) is 4.79 Å². The molecule has 1 fully saturated rings. The Morgan fingerprint density at radius 2 is 2.00 bits per heavy atom. The van der Waals surface area contributed by atoms with Gasteiger partial charge in [0.25, 0.3) is 5.91 Å². The van der Waals surface area contributed by atoms with Gasteiger partial charge in [0, 0.05) is 32.0 Å². The summed E-state index contributed by atoms with van der Waals surface area (Å²) in [6.07, 6.45) is 5.03. The fraction of sp³-hybridized carbons (Fsp3) is 0.550. The standard InChI is InChI=1S/C20H28N4O3/c1-14-5-8-24-13-16(22-17(24)11-14)18(25)23-9-6-15(7-10-23)12-21-19(26)27-20(2,3)4/h5,8,11,13,15H,6-7,9-10,12H2,1-4H3,(H,21,26). The average Bonchev–Trinajstić information content (AvgIpc) is 3.01. The Morgan fingerprint density at radius 1 is 1.30 bits per heavy atom. The van der Waals surface area contributed by atoms with E-state index in [1.807, 2.05) is 55.3 Å². The summed E-state index contributed by atoms with van der Waals surface area (Å²) < 4.78 is 7.13. The van der Waals surface area contributed by atoms with Crippen molar-refractivity contribution in [1.82, 2.24) is 19.6 Å². The number of rotatable bonds is 3. The molecule has 0 unspecified atom stereocenters. The van der Waals surface area contributed by atoms with Gasteiger partial charge < -0.3 is 19.4 Å². The quantitative estimate of drug-likeness (QED) is 0.899. The lowest BCUT2D eigenvalue weighted by atomic mass is 9.96. The molecule has 0 spiro atoms. The van der Waals surface area contributed by atoms with Crippen LogP contribution in [-0.4, -0.2) is 51.5 Å². The molecule has 1 N–H and O–H groups in total. The molecule has 1 aliphatic heterocycles. The number of ether oxygens (including phenoxy) is 1. The monoisotopic (exact) mass is 372 g/mol. The third-order valence-corrected chi connectivity index (χ3v) is 4.67. The number of hydrogen-bond acceptors (Lipinski definition) is 4. The Morgan fingerprint density at radius 3 is 2.67 bits per heavy atom. The van der Waals surface area contributed by atoms with Gasteiger partial charge in [-0.05, 0) is 64.2 Å². The molecule has 1 aliphatic rings. The molecule has 1 saturated heterocycles. The number of fused-ring (bicyclic) bond motifs is 1. The van der Waals surface area contributed by atoms with Gasteiger partial charge in [-0.25, -0.2) is 9.78 Å². The number of likely N-dealkylation sites (tertiary alicyclic amines) is 1. The number of carbonyl (C=O) groups is 2. The maximum atomic E-state index is 12.7. The Labute approximate surface area is 159 Å². The van der Waals surface area contributed by atoms with Crippen LogP contribution in [0.25, 0.3) is 5.65 Å². The van der Waals surface area contributed by atoms with Crippen LogP contribution < -0.4 is 5.32 Å². The van der Waals surface area contributed by atoms with Gasteiger partial charge in [-0.2, -0.15) is 0 Å². The van der Waals surface area contributed by atoms with Gasteiger partial charge >= 0.3 is 6.09 Å². The van der Waals surface area contributed by atoms with Crippen molar-refractivity contribution in [3.05, 3.63) is 35.8 Å². The van der Waals surface area contributed by atoms with Gasteiger partial charge in [0.05, 0.1) is 0 Å². The number of imidazole rings is 1. The zero-order valence-electron chi connectivity index (χ0n) is 16.5. The minimum atomic E-state index is -0.494. The van der Waals surface area contributed by atoms with Crippen molar-refractivity contribution in [3.63, 3.8) is 0 Å². The summed E-state index contributed by atoms with van der Waals surface area (Å²) in [4.78, 5) is 30.8. The topological polar surface area (TPSA) is 75.9 Å². The van der Waals surface area contributed by atoms with Crippen LogP contribution in [0.15, 0.2) is 24.5 Å². The molecule has 2 amide bonds. The zero-order valence-corrected chi connectivity index (χ0v) is 16.5. The summed E-state index contributed by atoms with van der Waals surface area (Å²) in [5, 5.41) is 2.83. The molecule has 3 heterocycles. The summed E-state index contributed by atoms with van der Waals surface area (Å²) in [5.41, 5.74) is 1.89. The highest BCUT2D eigenvalue weighted by atomic mass is 16.6. The van der Waals surface area contributed by atoms with Crippen LogP contribution in [0.1, 0.15) is 49.7 Å². The third kappa shape index (κ3) is 4.99. The van der Waals surface area contributed by atoms with E-state index in [-0.39, 0.29) is 12.0 Å². The zero-order chi connectivity index (χ0) is 19.6. The number of carbonyl (C=O) groups excluding carboxylic acids is 2. The fourth-order valence-corrected chi connectivity index (χ4v) is 3.23. The van der Waals surface area contributed by atoms with Crippen LogP contribution in [-0.2, 0) is 4.74 Å². The summed E-state index contributed by atoms with van der Waals surface area (Å²) in [6, 6.07) is 3.96. The van der Waals surface area contributed by atoms with Crippen molar-refractivity contribution < 1.29 is 14.3 Å². The molecule has 146 valence electrons. The van der Waals surface area contributed by atoms with Crippen molar-refractivity contribution in [2.75, 3.05) is 19.6 Å². The van der Waals surface area contributed by atoms with Crippen molar-refractivity contribution in [1.29, 1.82) is 0 Å². The number of pyridine rings is 1. The van der Waals surface area contributed by atoms with E-state index in [2.05, 4.69) is 10.3 Å². The minimum absolute atomic E-state index is 0.0325. The molecule has 0 aromatic carbocycles. The van der Waals surface area contributed by atoms with Gasteiger partial charge in [-0.3, -0.25) is 4.79 Å². The number of nitrogens with one attached hydrogen (secondary N) is 1. The summed E-state index contributed by atoms with van der Waals surface area (Å²) in [6.45, 7) is 9.46. The predicted octanol–water partition coefficient (Wildman–Crippen LogP) is 3.02. The first-order valence-corrected chi connectivity index (χ1v) is 9.43. The van der Waals surface area contributed by atoms with E-state index in [0.717, 1.165) is 24.1 Å². The van der Waals surface area contributed by atoms with Crippen LogP contribution >= 0.6 is 0 Å². The van der Waals surface area contributed by atoms with Crippen LogP contribution in [0.5, 0.6) is 0 Å². The first kappa shape index (κ1) is 19.2. The number of amides is 2. The molecule has 0 atom stereocenters. The number of hydrogen-bond donors (Lipinski definition) is 1. The molecule has 7 heteroatoms. The van der Waals surface area contributed by atoms with E-state index < -0.39 is 5.60 Å². The normalized spacial score (nSPS) is 15.8. The molecule has 0 aliphatic carbocycles. The highest BCUT2D eigenvalue weighted by Gasteiger charge is 2.26. The number of aryl methyl sites for hydroxylation is 1. The number of nitrogens with zero attached hydrogens (tertiary/aromatic N) is 3. The summed E-state index contributed by atoms with van der Waals surface area (Å²) in [7, 11) is 0. The summed E-state index contributed by atoms with van der Waals surface area (Å²) >= 11 is 0. The van der Waals surface area contributed by atoms with Gasteiger partial charge in [0.2, 0.25) is 0 Å². The largest absolute Gasteiger partial charge is 0.444 e. The molecular weight excluding hydrogens is 344 g/mol. The molecule has 2 aromatic heterocycles. The van der Waals surface area contributed by atoms with Gasteiger partial charge in [-0.1, -0.05) is 0 Å². The Kier molecular flexibility index (Phi) is 5.39. The Bertz CT molecular complexity index is 829. The molecule has 0 saturated carbocycles. The summed E-state index contributed by atoms with van der Waals surface area (Å²) in [5.74, 6) is 0.320. The lowest BCUT2D eigenvalue weighted by Gasteiger charge is -2.31. The lowest BCUT2D eigenvalue weighted by molar-refractivity contribution is 0.0500. The van der Waals surface area contributed by atoms with Crippen LogP contribution in [0.2, 0.25) is 0 Å². The second-order valence-corrected chi connectivity index (χ2v) is 8.21. The van der Waals surface area contributed by atoms with Crippen molar-refractivity contribution in [2.45, 2.75) is 46.1 Å². The van der Waals surface area contributed by atoms with E-state index >= 15 is 0 Å². The molecule has 27 heavy (non-hydrogen) atoms. The number of piperidine rings is 1. The van der Waals surface area contributed by atoms with Crippen molar-refractivity contribution in [2.24, 2.45) is 5.92 Å². The molecule has 3 rings (SSSR count). The second kappa shape index (κ2) is 7.58. The van der Waals surface area contributed by atoms with E-state index in [0.29, 0.717) is 31.2 Å². The molecule has 2 aromatic rings. The highest BCUT2D eigenvalue weighted by Crippen LogP contribution is 2.19. The number of aromatic nitrogens is 2. The first-order chi connectivity index (χ1) is 12.7. The predicted molar refractivity (Wildman–Crippen MR) is 103 cm³/mol. The minimum Gasteiger partial charge on any atom is -0.444 e.